The maximum absolute atomic E-state index is 11.2. The van der Waals surface area contributed by atoms with Gasteiger partial charge in [-0.2, -0.15) is 0 Å². The Hall–Kier alpha value is -2.03. The van der Waals surface area contributed by atoms with Crippen molar-refractivity contribution in [1.29, 1.82) is 0 Å². The first-order valence-electron chi connectivity index (χ1n) is 13.0. The number of hydrogen-bond acceptors (Lipinski definition) is 6. The molecule has 4 heterocycles. The summed E-state index contributed by atoms with van der Waals surface area (Å²) in [5.74, 6) is 0. The second-order valence-electron chi connectivity index (χ2n) is 10.6. The van der Waals surface area contributed by atoms with Crippen LogP contribution in [0.5, 0.6) is 0 Å². The summed E-state index contributed by atoms with van der Waals surface area (Å²) < 4.78 is 11.8. The molecule has 1 spiro atoms. The molecule has 34 heavy (non-hydrogen) atoms. The highest BCUT2D eigenvalue weighted by atomic mass is 16.5. The molecule has 8 heteroatoms. The zero-order valence-electron chi connectivity index (χ0n) is 20.6. The summed E-state index contributed by atoms with van der Waals surface area (Å²) in [6, 6.07) is 6.87. The van der Waals surface area contributed by atoms with Crippen molar-refractivity contribution >= 4 is 17.5 Å². The predicted molar refractivity (Wildman–Crippen MR) is 133 cm³/mol. The van der Waals surface area contributed by atoms with Gasteiger partial charge in [-0.05, 0) is 55.7 Å². The quantitative estimate of drug-likeness (QED) is 0.707. The van der Waals surface area contributed by atoms with Gasteiger partial charge < -0.3 is 29.3 Å². The van der Waals surface area contributed by atoms with Gasteiger partial charge >= 0.3 is 6.09 Å². The van der Waals surface area contributed by atoms with Crippen LogP contribution in [0.1, 0.15) is 31.2 Å². The molecule has 4 aliphatic heterocycles. The molecule has 1 unspecified atom stereocenters. The first-order chi connectivity index (χ1) is 16.5. The van der Waals surface area contributed by atoms with Crippen LogP contribution in [0.4, 0.5) is 16.2 Å². The number of aryl methyl sites for hydroxylation is 1. The minimum Gasteiger partial charge on any atom is -0.465 e. The Bertz CT molecular complexity index is 843. The van der Waals surface area contributed by atoms with Crippen molar-refractivity contribution in [3.8, 4) is 0 Å². The van der Waals surface area contributed by atoms with E-state index < -0.39 is 6.09 Å². The number of likely N-dealkylation sites (tertiary alicyclic amines) is 1. The van der Waals surface area contributed by atoms with Gasteiger partial charge in [0.05, 0.1) is 37.3 Å². The largest absolute Gasteiger partial charge is 0.465 e. The number of carbonyl (C=O) groups is 1. The van der Waals surface area contributed by atoms with Gasteiger partial charge in [0.1, 0.15) is 0 Å². The first-order valence-corrected chi connectivity index (χ1v) is 13.0. The van der Waals surface area contributed by atoms with Crippen molar-refractivity contribution in [2.24, 2.45) is 5.41 Å². The summed E-state index contributed by atoms with van der Waals surface area (Å²) in [5.41, 5.74) is 4.24. The van der Waals surface area contributed by atoms with Crippen molar-refractivity contribution in [2.75, 3.05) is 88.5 Å². The lowest BCUT2D eigenvalue weighted by atomic mass is 9.76. The zero-order valence-corrected chi connectivity index (χ0v) is 20.6. The summed E-state index contributed by atoms with van der Waals surface area (Å²) in [4.78, 5) is 20.4. The van der Waals surface area contributed by atoms with Gasteiger partial charge in [-0.1, -0.05) is 6.07 Å². The third-order valence-corrected chi connectivity index (χ3v) is 8.34. The SMILES string of the molecule is Cc1ccc(N2CCN(CCC3CC4(CCN(C(=O)O)CC4)CO3)CC2)c(N2CCOCC2)c1. The highest BCUT2D eigenvalue weighted by molar-refractivity contribution is 5.72. The maximum atomic E-state index is 11.2. The number of nitrogens with zero attached hydrogens (tertiary/aromatic N) is 4. The molecule has 0 saturated carbocycles. The molecule has 4 fully saturated rings. The van der Waals surface area contributed by atoms with Crippen molar-refractivity contribution in [3.63, 3.8) is 0 Å². The third kappa shape index (κ3) is 5.29. The monoisotopic (exact) mass is 472 g/mol. The van der Waals surface area contributed by atoms with Gasteiger partial charge in [0.2, 0.25) is 0 Å². The molecule has 4 aliphatic rings. The Kier molecular flexibility index (Phi) is 7.18. The second kappa shape index (κ2) is 10.3. The summed E-state index contributed by atoms with van der Waals surface area (Å²) in [7, 11) is 0. The molecule has 1 amide bonds. The van der Waals surface area contributed by atoms with Crippen molar-refractivity contribution in [2.45, 2.75) is 38.7 Å². The van der Waals surface area contributed by atoms with Crippen LogP contribution in [0.2, 0.25) is 0 Å². The predicted octanol–water partition coefficient (Wildman–Crippen LogP) is 2.89. The van der Waals surface area contributed by atoms with Crippen LogP contribution in [0.15, 0.2) is 18.2 Å². The average molecular weight is 473 g/mol. The van der Waals surface area contributed by atoms with Crippen LogP contribution < -0.4 is 9.80 Å². The number of anilines is 2. The van der Waals surface area contributed by atoms with Crippen molar-refractivity contribution in [3.05, 3.63) is 23.8 Å². The van der Waals surface area contributed by atoms with Crippen molar-refractivity contribution < 1.29 is 19.4 Å². The van der Waals surface area contributed by atoms with E-state index >= 15 is 0 Å². The number of ether oxygens (including phenoxy) is 2. The maximum Gasteiger partial charge on any atom is 0.407 e. The number of piperazine rings is 1. The van der Waals surface area contributed by atoms with Gasteiger partial charge in [-0.15, -0.1) is 0 Å². The van der Waals surface area contributed by atoms with Gasteiger partial charge in [-0.25, -0.2) is 4.79 Å². The Morgan fingerprint density at radius 3 is 2.41 bits per heavy atom. The Morgan fingerprint density at radius 1 is 1.00 bits per heavy atom. The zero-order chi connectivity index (χ0) is 23.5. The number of morpholine rings is 1. The van der Waals surface area contributed by atoms with E-state index in [1.807, 2.05) is 0 Å². The highest BCUT2D eigenvalue weighted by Crippen LogP contribution is 2.42. The summed E-state index contributed by atoms with van der Waals surface area (Å²) >= 11 is 0. The fourth-order valence-corrected chi connectivity index (χ4v) is 6.10. The van der Waals surface area contributed by atoms with E-state index in [1.54, 1.807) is 4.90 Å². The molecule has 1 aromatic carbocycles. The summed E-state index contributed by atoms with van der Waals surface area (Å²) in [6.07, 6.45) is 3.58. The number of amides is 1. The third-order valence-electron chi connectivity index (χ3n) is 8.34. The smallest absolute Gasteiger partial charge is 0.407 e. The van der Waals surface area contributed by atoms with Crippen LogP contribution in [0, 0.1) is 12.3 Å². The number of benzene rings is 1. The van der Waals surface area contributed by atoms with Gasteiger partial charge in [-0.3, -0.25) is 4.90 Å². The fraction of sp³-hybridized carbons (Fsp3) is 0.731. The summed E-state index contributed by atoms with van der Waals surface area (Å²) in [6.45, 7) is 13.2. The molecule has 0 aromatic heterocycles. The van der Waals surface area contributed by atoms with Gasteiger partial charge in [0, 0.05) is 58.9 Å². The van der Waals surface area contributed by atoms with Crippen LogP contribution in [0.3, 0.4) is 0 Å². The lowest BCUT2D eigenvalue weighted by Gasteiger charge is -2.39. The average Bonchev–Trinajstić information content (AvgIpc) is 3.26. The summed E-state index contributed by atoms with van der Waals surface area (Å²) in [5, 5.41) is 9.21. The van der Waals surface area contributed by atoms with Crippen LogP contribution >= 0.6 is 0 Å². The number of carboxylic acid groups (broad SMARTS) is 1. The van der Waals surface area contributed by atoms with Gasteiger partial charge in [0.15, 0.2) is 0 Å². The van der Waals surface area contributed by atoms with E-state index in [4.69, 9.17) is 9.47 Å². The van der Waals surface area contributed by atoms with E-state index in [0.717, 1.165) is 91.3 Å². The van der Waals surface area contributed by atoms with Crippen molar-refractivity contribution in [1.82, 2.24) is 9.80 Å². The molecular formula is C26H40N4O4. The number of rotatable bonds is 5. The minimum atomic E-state index is -0.785. The molecule has 0 bridgehead atoms. The van der Waals surface area contributed by atoms with E-state index in [9.17, 15) is 9.90 Å². The number of piperidine rings is 1. The van der Waals surface area contributed by atoms with E-state index in [1.165, 1.54) is 16.9 Å². The standard InChI is InChI=1S/C26H40N4O4/c1-21-2-3-23(24(18-21)29-14-16-33-17-15-29)28-12-10-27(11-13-28)7-4-22-19-26(20-34-22)5-8-30(9-6-26)25(31)32/h2-3,18,22H,4-17,19-20H2,1H3,(H,31,32). The second-order valence-corrected chi connectivity index (χ2v) is 10.6. The number of hydrogen-bond donors (Lipinski definition) is 1. The highest BCUT2D eigenvalue weighted by Gasteiger charge is 2.43. The first kappa shape index (κ1) is 23.7. The van der Waals surface area contributed by atoms with Crippen LogP contribution in [0.25, 0.3) is 0 Å². The van der Waals surface area contributed by atoms with E-state index in [0.29, 0.717) is 19.2 Å². The molecule has 0 radical (unpaired) electrons. The van der Waals surface area contributed by atoms with Crippen LogP contribution in [-0.4, -0.2) is 106 Å². The molecular weight excluding hydrogens is 432 g/mol. The van der Waals surface area contributed by atoms with Gasteiger partial charge in [0.25, 0.3) is 0 Å². The molecule has 5 rings (SSSR count). The molecule has 1 atom stereocenters. The Labute approximate surface area is 203 Å². The molecule has 0 aliphatic carbocycles. The molecule has 8 nitrogen and oxygen atoms in total. The normalized spacial score (nSPS) is 25.8. The topological polar surface area (TPSA) is 68.7 Å². The van der Waals surface area contributed by atoms with Crippen LogP contribution in [-0.2, 0) is 9.47 Å². The Morgan fingerprint density at radius 2 is 1.71 bits per heavy atom. The molecule has 1 N–H and O–H groups in total. The molecule has 188 valence electrons. The van der Waals surface area contributed by atoms with E-state index in [2.05, 4.69) is 39.8 Å². The lowest BCUT2D eigenvalue weighted by Crippen LogP contribution is -2.47. The minimum absolute atomic E-state index is 0.205. The lowest BCUT2D eigenvalue weighted by molar-refractivity contribution is 0.0581. The molecule has 4 saturated heterocycles. The Balaban J connectivity index is 1.09. The fourth-order valence-electron chi connectivity index (χ4n) is 6.10. The van der Waals surface area contributed by atoms with E-state index in [-0.39, 0.29) is 5.41 Å². The molecule has 1 aromatic rings.